The van der Waals surface area contributed by atoms with Gasteiger partial charge in [0.1, 0.15) is 11.6 Å². The van der Waals surface area contributed by atoms with Crippen LogP contribution in [0.1, 0.15) is 11.3 Å². The number of anilines is 1. The van der Waals surface area contributed by atoms with Crippen molar-refractivity contribution in [2.75, 3.05) is 31.2 Å². The fraction of sp³-hybridized carbons (Fsp3) is 0.294. The Bertz CT molecular complexity index is 723. The number of nitrogens with zero attached hydrogens (tertiary/aromatic N) is 2. The van der Waals surface area contributed by atoms with Crippen LogP contribution in [0.3, 0.4) is 0 Å². The molecule has 126 valence electrons. The number of ether oxygens (including phenoxy) is 1. The second-order valence-electron chi connectivity index (χ2n) is 5.28. The molecule has 1 N–H and O–H groups in total. The molecule has 3 rings (SSSR count). The van der Waals surface area contributed by atoms with Crippen LogP contribution in [0.2, 0.25) is 0 Å². The molecular weight excluding hydrogens is 421 g/mol. The van der Waals surface area contributed by atoms with E-state index >= 15 is 0 Å². The van der Waals surface area contributed by atoms with Crippen LogP contribution >= 0.6 is 22.6 Å². The van der Waals surface area contributed by atoms with Gasteiger partial charge in [-0.05, 0) is 46.9 Å². The van der Waals surface area contributed by atoms with Gasteiger partial charge in [0.25, 0.3) is 0 Å². The Kier molecular flexibility index (Phi) is 5.86. The van der Waals surface area contributed by atoms with E-state index < -0.39 is 0 Å². The first-order valence-corrected chi connectivity index (χ1v) is 8.78. The van der Waals surface area contributed by atoms with Gasteiger partial charge in [0.05, 0.1) is 13.2 Å². The predicted octanol–water partition coefficient (Wildman–Crippen LogP) is 2.45. The zero-order valence-corrected chi connectivity index (χ0v) is 15.2. The Hall–Kier alpha value is -1.87. The van der Waals surface area contributed by atoms with Crippen molar-refractivity contribution in [3.05, 3.63) is 51.6 Å². The van der Waals surface area contributed by atoms with Gasteiger partial charge in [-0.1, -0.05) is 6.07 Å². The molecule has 0 radical (unpaired) electrons. The molecule has 1 saturated heterocycles. The van der Waals surface area contributed by atoms with Gasteiger partial charge in [-0.2, -0.15) is 0 Å². The van der Waals surface area contributed by atoms with E-state index in [1.54, 1.807) is 12.3 Å². The minimum atomic E-state index is -0.168. The molecule has 0 spiro atoms. The van der Waals surface area contributed by atoms with Gasteiger partial charge in [0.2, 0.25) is 5.91 Å². The van der Waals surface area contributed by atoms with Gasteiger partial charge in [-0.15, -0.1) is 0 Å². The fourth-order valence-electron chi connectivity index (χ4n) is 2.45. The van der Waals surface area contributed by atoms with E-state index in [0.29, 0.717) is 25.5 Å². The maximum atomic E-state index is 12.0. The van der Waals surface area contributed by atoms with E-state index in [4.69, 9.17) is 9.15 Å². The summed E-state index contributed by atoms with van der Waals surface area (Å²) < 4.78 is 11.6. The third-order valence-electron chi connectivity index (χ3n) is 3.62. The summed E-state index contributed by atoms with van der Waals surface area (Å²) in [5.41, 5.74) is 0.994. The predicted molar refractivity (Wildman–Crippen MR) is 99.6 cm³/mol. The Morgan fingerprint density at radius 3 is 2.92 bits per heavy atom. The van der Waals surface area contributed by atoms with Gasteiger partial charge in [0, 0.05) is 37.5 Å². The lowest BCUT2D eigenvalue weighted by Gasteiger charge is -2.29. The highest BCUT2D eigenvalue weighted by atomic mass is 127. The quantitative estimate of drug-likeness (QED) is 0.573. The van der Waals surface area contributed by atoms with Crippen LogP contribution in [0.4, 0.5) is 5.82 Å². The molecule has 7 heteroatoms. The van der Waals surface area contributed by atoms with E-state index in [2.05, 4.69) is 37.8 Å². The number of carbonyl (C=O) groups is 1. The average molecular weight is 439 g/mol. The van der Waals surface area contributed by atoms with Crippen LogP contribution in [0.15, 0.2) is 41.0 Å². The van der Waals surface area contributed by atoms with Gasteiger partial charge in [0.15, 0.2) is 3.77 Å². The number of amides is 1. The maximum Gasteiger partial charge on any atom is 0.244 e. The lowest BCUT2D eigenvalue weighted by atomic mass is 10.2. The molecule has 1 amide bonds. The molecule has 0 aromatic carbocycles. The first kappa shape index (κ1) is 17.0. The lowest BCUT2D eigenvalue weighted by Crippen LogP contribution is -2.37. The van der Waals surface area contributed by atoms with Crippen molar-refractivity contribution in [3.63, 3.8) is 0 Å². The molecule has 3 heterocycles. The summed E-state index contributed by atoms with van der Waals surface area (Å²) in [5, 5.41) is 2.89. The molecule has 2 aromatic heterocycles. The Morgan fingerprint density at radius 1 is 1.33 bits per heavy atom. The molecule has 1 fully saturated rings. The van der Waals surface area contributed by atoms with Crippen LogP contribution in [0, 0.1) is 3.77 Å². The molecule has 6 nitrogen and oxygen atoms in total. The average Bonchev–Trinajstić information content (AvgIpc) is 3.04. The summed E-state index contributed by atoms with van der Waals surface area (Å²) in [6.45, 7) is 3.46. The van der Waals surface area contributed by atoms with Crippen molar-refractivity contribution in [1.82, 2.24) is 10.3 Å². The van der Waals surface area contributed by atoms with Gasteiger partial charge in [-0.3, -0.25) is 4.79 Å². The zero-order chi connectivity index (χ0) is 16.8. The molecule has 1 aliphatic rings. The zero-order valence-electron chi connectivity index (χ0n) is 13.1. The van der Waals surface area contributed by atoms with Crippen LogP contribution < -0.4 is 10.2 Å². The van der Waals surface area contributed by atoms with Crippen molar-refractivity contribution in [3.8, 4) is 0 Å². The molecule has 0 saturated carbocycles. The second-order valence-corrected chi connectivity index (χ2v) is 6.34. The molecule has 0 bridgehead atoms. The fourth-order valence-corrected chi connectivity index (χ4v) is 2.88. The maximum absolute atomic E-state index is 12.0. The monoisotopic (exact) mass is 439 g/mol. The summed E-state index contributed by atoms with van der Waals surface area (Å²) in [7, 11) is 0. The van der Waals surface area contributed by atoms with E-state index in [9.17, 15) is 4.79 Å². The number of furan rings is 1. The Balaban J connectivity index is 1.60. The molecule has 2 aromatic rings. The molecule has 0 aliphatic carbocycles. The third-order valence-corrected chi connectivity index (χ3v) is 4.20. The molecule has 0 atom stereocenters. The van der Waals surface area contributed by atoms with E-state index in [1.165, 1.54) is 6.08 Å². The van der Waals surface area contributed by atoms with Crippen molar-refractivity contribution in [2.24, 2.45) is 0 Å². The first-order valence-electron chi connectivity index (χ1n) is 7.70. The summed E-state index contributed by atoms with van der Waals surface area (Å²) in [6, 6.07) is 7.54. The van der Waals surface area contributed by atoms with E-state index in [-0.39, 0.29) is 5.91 Å². The van der Waals surface area contributed by atoms with Crippen molar-refractivity contribution < 1.29 is 13.9 Å². The number of rotatable bonds is 5. The standard InChI is InChI=1S/C17H18IN3O3/c18-15-5-3-14(24-15)4-6-16(22)20-12-13-2-1-7-19-17(13)21-8-10-23-11-9-21/h1-7H,8-12H2,(H,20,22). The number of carbonyl (C=O) groups excluding carboxylic acids is 1. The van der Waals surface area contributed by atoms with Crippen molar-refractivity contribution >= 4 is 40.4 Å². The summed E-state index contributed by atoms with van der Waals surface area (Å²) in [4.78, 5) is 18.6. The van der Waals surface area contributed by atoms with E-state index in [0.717, 1.165) is 28.2 Å². The van der Waals surface area contributed by atoms with Crippen molar-refractivity contribution in [2.45, 2.75) is 6.54 Å². The first-order chi connectivity index (χ1) is 11.7. The molecule has 1 aliphatic heterocycles. The summed E-state index contributed by atoms with van der Waals surface area (Å²) in [6.07, 6.45) is 4.90. The van der Waals surface area contributed by atoms with Gasteiger partial charge < -0.3 is 19.4 Å². The minimum absolute atomic E-state index is 0.168. The topological polar surface area (TPSA) is 67.6 Å². The Labute approximate surface area is 154 Å². The number of hydrogen-bond acceptors (Lipinski definition) is 5. The number of hydrogen-bond donors (Lipinski definition) is 1. The molecule has 24 heavy (non-hydrogen) atoms. The number of morpholine rings is 1. The highest BCUT2D eigenvalue weighted by Gasteiger charge is 2.15. The van der Waals surface area contributed by atoms with Gasteiger partial charge in [-0.25, -0.2) is 4.98 Å². The van der Waals surface area contributed by atoms with Crippen LogP contribution in [-0.4, -0.2) is 37.2 Å². The minimum Gasteiger partial charge on any atom is -0.451 e. The highest BCUT2D eigenvalue weighted by Crippen LogP contribution is 2.18. The number of nitrogens with one attached hydrogen (secondary N) is 1. The normalized spacial score (nSPS) is 15.0. The highest BCUT2D eigenvalue weighted by molar-refractivity contribution is 14.1. The second kappa shape index (κ2) is 8.29. The summed E-state index contributed by atoms with van der Waals surface area (Å²) in [5.74, 6) is 1.40. The number of pyridine rings is 1. The van der Waals surface area contributed by atoms with Crippen molar-refractivity contribution in [1.29, 1.82) is 0 Å². The molecular formula is C17H18IN3O3. The van der Waals surface area contributed by atoms with E-state index in [1.807, 2.05) is 24.3 Å². The smallest absolute Gasteiger partial charge is 0.244 e. The van der Waals surface area contributed by atoms with Crippen LogP contribution in [0.5, 0.6) is 0 Å². The third kappa shape index (κ3) is 4.57. The lowest BCUT2D eigenvalue weighted by molar-refractivity contribution is -0.116. The van der Waals surface area contributed by atoms with Crippen LogP contribution in [-0.2, 0) is 16.1 Å². The largest absolute Gasteiger partial charge is 0.451 e. The SMILES string of the molecule is O=C(C=Cc1ccc(I)o1)NCc1cccnc1N1CCOCC1. The van der Waals surface area contributed by atoms with Crippen LogP contribution in [0.25, 0.3) is 6.08 Å². The Morgan fingerprint density at radius 2 is 2.17 bits per heavy atom. The summed E-state index contributed by atoms with van der Waals surface area (Å²) >= 11 is 2.09. The number of halogens is 1. The van der Waals surface area contributed by atoms with Gasteiger partial charge >= 0.3 is 0 Å². The molecule has 0 unspecified atom stereocenters. The number of aromatic nitrogens is 1.